The van der Waals surface area contributed by atoms with Crippen LogP contribution in [0.4, 0.5) is 5.69 Å². The van der Waals surface area contributed by atoms with Gasteiger partial charge in [-0.15, -0.1) is 0 Å². The fourth-order valence-electron chi connectivity index (χ4n) is 1.56. The van der Waals surface area contributed by atoms with Crippen molar-refractivity contribution in [3.63, 3.8) is 0 Å². The number of aromatic carboxylic acids is 1. The maximum atomic E-state index is 11.2. The molecule has 0 saturated carbocycles. The van der Waals surface area contributed by atoms with Crippen LogP contribution in [-0.2, 0) is 0 Å². The number of hydrogen-bond donors (Lipinski definition) is 1. The van der Waals surface area contributed by atoms with E-state index in [1.54, 1.807) is 18.2 Å². The molecule has 0 unspecified atom stereocenters. The molecule has 0 aliphatic carbocycles. The summed E-state index contributed by atoms with van der Waals surface area (Å²) in [5, 5.41) is 20.8. The average Bonchev–Trinajstić information content (AvgIpc) is 2.42. The molecule has 0 saturated heterocycles. The number of halogens is 2. The molecule has 2 rings (SSSR count). The molecule has 0 fully saturated rings. The van der Waals surface area contributed by atoms with Crippen molar-refractivity contribution < 1.29 is 14.8 Å². The van der Waals surface area contributed by atoms with Crippen LogP contribution < -0.4 is 0 Å². The Balaban J connectivity index is 2.46. The molecule has 0 radical (unpaired) electrons. The van der Waals surface area contributed by atoms with Gasteiger partial charge in [-0.1, -0.05) is 35.0 Å². The van der Waals surface area contributed by atoms with E-state index in [9.17, 15) is 20.0 Å². The van der Waals surface area contributed by atoms with Gasteiger partial charge < -0.3 is 5.11 Å². The van der Waals surface area contributed by atoms with Crippen LogP contribution in [0.25, 0.3) is 0 Å². The SMILES string of the molecule is O=C(O)c1cc([N+](=O)[O-])ccc1Sc1cc(Cl)ccc1Cl. The van der Waals surface area contributed by atoms with Gasteiger partial charge in [0.15, 0.2) is 0 Å². The highest BCUT2D eigenvalue weighted by molar-refractivity contribution is 7.99. The Morgan fingerprint density at radius 3 is 2.48 bits per heavy atom. The summed E-state index contributed by atoms with van der Waals surface area (Å²) < 4.78 is 0. The predicted octanol–water partition coefficient (Wildman–Crippen LogP) is 4.75. The zero-order valence-corrected chi connectivity index (χ0v) is 12.6. The van der Waals surface area contributed by atoms with Gasteiger partial charge in [-0.25, -0.2) is 4.79 Å². The molecule has 0 atom stereocenters. The molecule has 5 nitrogen and oxygen atoms in total. The number of hydrogen-bond acceptors (Lipinski definition) is 4. The van der Waals surface area contributed by atoms with Crippen LogP contribution in [0.15, 0.2) is 46.2 Å². The summed E-state index contributed by atoms with van der Waals surface area (Å²) in [5.41, 5.74) is -0.445. The predicted molar refractivity (Wildman–Crippen MR) is 80.6 cm³/mol. The molecule has 21 heavy (non-hydrogen) atoms. The van der Waals surface area contributed by atoms with Crippen LogP contribution in [0.1, 0.15) is 10.4 Å². The molecule has 0 aliphatic rings. The van der Waals surface area contributed by atoms with Crippen LogP contribution in [0.5, 0.6) is 0 Å². The van der Waals surface area contributed by atoms with Gasteiger partial charge in [-0.3, -0.25) is 10.1 Å². The second-order valence-electron chi connectivity index (χ2n) is 3.92. The lowest BCUT2D eigenvalue weighted by Crippen LogP contribution is -2.00. The Labute approximate surface area is 133 Å². The van der Waals surface area contributed by atoms with E-state index in [4.69, 9.17) is 23.2 Å². The molecular weight excluding hydrogens is 337 g/mol. The van der Waals surface area contributed by atoms with Gasteiger partial charge in [0, 0.05) is 26.9 Å². The Morgan fingerprint density at radius 2 is 1.86 bits per heavy atom. The van der Waals surface area contributed by atoms with Gasteiger partial charge >= 0.3 is 5.97 Å². The third kappa shape index (κ3) is 3.66. The largest absolute Gasteiger partial charge is 0.478 e. The van der Waals surface area contributed by atoms with E-state index in [2.05, 4.69) is 0 Å². The maximum Gasteiger partial charge on any atom is 0.337 e. The second-order valence-corrected chi connectivity index (χ2v) is 5.85. The van der Waals surface area contributed by atoms with Gasteiger partial charge in [0.1, 0.15) is 0 Å². The molecule has 8 heteroatoms. The molecule has 2 aromatic rings. The van der Waals surface area contributed by atoms with E-state index < -0.39 is 10.9 Å². The summed E-state index contributed by atoms with van der Waals surface area (Å²) in [4.78, 5) is 22.2. The normalized spacial score (nSPS) is 10.4. The third-order valence-electron chi connectivity index (χ3n) is 2.52. The van der Waals surface area contributed by atoms with E-state index in [1.807, 2.05) is 0 Å². The molecule has 1 N–H and O–H groups in total. The van der Waals surface area contributed by atoms with Crippen LogP contribution in [-0.4, -0.2) is 16.0 Å². The highest BCUT2D eigenvalue weighted by Gasteiger charge is 2.17. The van der Waals surface area contributed by atoms with Crippen LogP contribution in [0.3, 0.4) is 0 Å². The Bertz CT molecular complexity index is 736. The number of carboxylic acid groups (broad SMARTS) is 1. The van der Waals surface area contributed by atoms with Crippen molar-refractivity contribution in [1.82, 2.24) is 0 Å². The molecular formula is C13H7Cl2NO4S. The number of nitro benzene ring substituents is 1. The van der Waals surface area contributed by atoms with Crippen LogP contribution >= 0.6 is 35.0 Å². The molecule has 0 amide bonds. The second kappa shape index (κ2) is 6.34. The van der Waals surface area contributed by atoms with E-state index in [0.717, 1.165) is 17.8 Å². The number of rotatable bonds is 4. The minimum Gasteiger partial charge on any atom is -0.478 e. The Morgan fingerprint density at radius 1 is 1.14 bits per heavy atom. The lowest BCUT2D eigenvalue weighted by atomic mass is 10.2. The minimum atomic E-state index is -1.25. The standard InChI is InChI=1S/C13H7Cl2NO4S/c14-7-1-3-10(15)12(5-7)21-11-4-2-8(16(19)20)6-9(11)13(17)18/h1-6H,(H,17,18). The summed E-state index contributed by atoms with van der Waals surface area (Å²) in [7, 11) is 0. The van der Waals surface area contributed by atoms with Gasteiger partial charge in [-0.05, 0) is 24.3 Å². The van der Waals surface area contributed by atoms with Gasteiger partial charge in [-0.2, -0.15) is 0 Å². The van der Waals surface area contributed by atoms with Crippen molar-refractivity contribution in [3.8, 4) is 0 Å². The quantitative estimate of drug-likeness (QED) is 0.639. The average molecular weight is 344 g/mol. The summed E-state index contributed by atoms with van der Waals surface area (Å²) in [6, 6.07) is 8.45. The number of carboxylic acids is 1. The van der Waals surface area contributed by atoms with Crippen molar-refractivity contribution >= 4 is 46.6 Å². The zero-order chi connectivity index (χ0) is 15.6. The number of non-ortho nitro benzene ring substituents is 1. The van der Waals surface area contributed by atoms with Gasteiger partial charge in [0.25, 0.3) is 5.69 Å². The van der Waals surface area contributed by atoms with Crippen molar-refractivity contribution in [2.24, 2.45) is 0 Å². The molecule has 0 heterocycles. The van der Waals surface area contributed by atoms with E-state index in [1.165, 1.54) is 12.1 Å². The summed E-state index contributed by atoms with van der Waals surface area (Å²) in [6.45, 7) is 0. The lowest BCUT2D eigenvalue weighted by molar-refractivity contribution is -0.384. The van der Waals surface area contributed by atoms with Gasteiger partial charge in [0.05, 0.1) is 15.5 Å². The number of nitro groups is 1. The van der Waals surface area contributed by atoms with E-state index in [-0.39, 0.29) is 11.3 Å². The van der Waals surface area contributed by atoms with Crippen molar-refractivity contribution in [1.29, 1.82) is 0 Å². The van der Waals surface area contributed by atoms with Crippen LogP contribution in [0, 0.1) is 10.1 Å². The summed E-state index contributed by atoms with van der Waals surface area (Å²) in [6.07, 6.45) is 0. The molecule has 2 aromatic carbocycles. The maximum absolute atomic E-state index is 11.2. The lowest BCUT2D eigenvalue weighted by Gasteiger charge is -2.07. The van der Waals surface area contributed by atoms with Crippen molar-refractivity contribution in [2.75, 3.05) is 0 Å². The first kappa shape index (κ1) is 15.6. The number of nitrogens with zero attached hydrogens (tertiary/aromatic N) is 1. The number of benzene rings is 2. The van der Waals surface area contributed by atoms with Crippen molar-refractivity contribution in [3.05, 3.63) is 62.1 Å². The third-order valence-corrected chi connectivity index (χ3v) is 4.33. The van der Waals surface area contributed by atoms with E-state index in [0.29, 0.717) is 19.8 Å². The van der Waals surface area contributed by atoms with Gasteiger partial charge in [0.2, 0.25) is 0 Å². The molecule has 108 valence electrons. The van der Waals surface area contributed by atoms with Crippen LogP contribution in [0.2, 0.25) is 10.0 Å². The highest BCUT2D eigenvalue weighted by Crippen LogP contribution is 2.37. The molecule has 0 spiro atoms. The fourth-order valence-corrected chi connectivity index (χ4v) is 3.01. The monoisotopic (exact) mass is 343 g/mol. The Kier molecular flexibility index (Phi) is 4.72. The smallest absolute Gasteiger partial charge is 0.337 e. The molecule has 0 bridgehead atoms. The topological polar surface area (TPSA) is 80.4 Å². The first-order valence-corrected chi connectivity index (χ1v) is 7.10. The fraction of sp³-hybridized carbons (Fsp3) is 0. The van der Waals surface area contributed by atoms with Crippen molar-refractivity contribution in [2.45, 2.75) is 9.79 Å². The first-order chi connectivity index (χ1) is 9.88. The summed E-state index contributed by atoms with van der Waals surface area (Å²) >= 11 is 13.0. The summed E-state index contributed by atoms with van der Waals surface area (Å²) in [5.74, 6) is -1.25. The molecule has 0 aliphatic heterocycles. The first-order valence-electron chi connectivity index (χ1n) is 5.53. The minimum absolute atomic E-state index is 0.162. The van der Waals surface area contributed by atoms with E-state index >= 15 is 0 Å². The Hall–Kier alpha value is -1.76. The number of carbonyl (C=O) groups is 1. The molecule has 0 aromatic heterocycles. The highest BCUT2D eigenvalue weighted by atomic mass is 35.5. The zero-order valence-electron chi connectivity index (χ0n) is 10.2.